The highest BCUT2D eigenvalue weighted by Crippen LogP contribution is 2.29. The van der Waals surface area contributed by atoms with Crippen LogP contribution in [0.3, 0.4) is 0 Å². The van der Waals surface area contributed by atoms with Crippen LogP contribution in [0, 0.1) is 0 Å². The molecule has 2 N–H and O–H groups in total. The highest BCUT2D eigenvalue weighted by molar-refractivity contribution is 5.85. The normalized spacial score (nSPS) is 17.7. The van der Waals surface area contributed by atoms with Crippen LogP contribution in [0.1, 0.15) is 31.7 Å². The molecule has 1 aliphatic rings. The maximum absolute atomic E-state index is 5.51. The van der Waals surface area contributed by atoms with Gasteiger partial charge in [-0.05, 0) is 12.8 Å². The van der Waals surface area contributed by atoms with Gasteiger partial charge in [0, 0.05) is 12.2 Å². The van der Waals surface area contributed by atoms with Crippen molar-refractivity contribution in [1.82, 2.24) is 9.55 Å². The molecule has 1 aliphatic carbocycles. The number of nitrogens with zero attached hydrogens (tertiary/aromatic N) is 2. The lowest BCUT2D eigenvalue weighted by atomic mass is 10.2. The molecule has 0 aliphatic heterocycles. The fourth-order valence-electron chi connectivity index (χ4n) is 1.75. The molecular formula is C8H14ClN3. The summed E-state index contributed by atoms with van der Waals surface area (Å²) in [5.41, 5.74) is 5.51. The van der Waals surface area contributed by atoms with E-state index in [2.05, 4.69) is 9.55 Å². The highest BCUT2D eigenvalue weighted by Gasteiger charge is 2.16. The first-order valence-corrected chi connectivity index (χ1v) is 4.15. The Kier molecular flexibility index (Phi) is 2.98. The number of rotatable bonds is 1. The summed E-state index contributed by atoms with van der Waals surface area (Å²) in [4.78, 5) is 4.00. The van der Waals surface area contributed by atoms with E-state index in [0.717, 1.165) is 0 Å². The molecule has 0 amide bonds. The third-order valence-corrected chi connectivity index (χ3v) is 2.37. The van der Waals surface area contributed by atoms with Crippen molar-refractivity contribution in [3.8, 4) is 0 Å². The molecule has 0 saturated heterocycles. The van der Waals surface area contributed by atoms with E-state index < -0.39 is 0 Å². The molecule has 0 spiro atoms. The molecule has 0 radical (unpaired) electrons. The van der Waals surface area contributed by atoms with Gasteiger partial charge >= 0.3 is 0 Å². The largest absolute Gasteiger partial charge is 0.382 e. The van der Waals surface area contributed by atoms with Gasteiger partial charge in [-0.1, -0.05) is 12.8 Å². The van der Waals surface area contributed by atoms with Crippen molar-refractivity contribution in [2.45, 2.75) is 31.7 Å². The second kappa shape index (κ2) is 3.81. The SMILES string of the molecule is Cl.Nc1cn(C2CCCC2)cn1. The van der Waals surface area contributed by atoms with Gasteiger partial charge in [0.2, 0.25) is 0 Å². The van der Waals surface area contributed by atoms with Gasteiger partial charge in [-0.2, -0.15) is 0 Å². The Morgan fingerprint density at radius 2 is 2.08 bits per heavy atom. The van der Waals surface area contributed by atoms with Crippen molar-refractivity contribution in [2.24, 2.45) is 0 Å². The summed E-state index contributed by atoms with van der Waals surface area (Å²) < 4.78 is 2.14. The van der Waals surface area contributed by atoms with E-state index in [1.165, 1.54) is 25.7 Å². The van der Waals surface area contributed by atoms with Crippen molar-refractivity contribution in [2.75, 3.05) is 5.73 Å². The Balaban J connectivity index is 0.000000720. The quantitative estimate of drug-likeness (QED) is 0.731. The standard InChI is InChI=1S/C8H13N3.ClH/c9-8-5-11(6-10-8)7-3-1-2-4-7;/h5-7H,1-4,9H2;1H. The number of halogens is 1. The molecule has 68 valence electrons. The number of aromatic nitrogens is 2. The third kappa shape index (κ3) is 1.72. The van der Waals surface area contributed by atoms with Crippen LogP contribution in [0.25, 0.3) is 0 Å². The smallest absolute Gasteiger partial charge is 0.141 e. The molecule has 0 unspecified atom stereocenters. The molecule has 1 heterocycles. The van der Waals surface area contributed by atoms with Gasteiger partial charge in [0.05, 0.1) is 6.33 Å². The first-order valence-electron chi connectivity index (χ1n) is 4.15. The highest BCUT2D eigenvalue weighted by atomic mass is 35.5. The van der Waals surface area contributed by atoms with Gasteiger partial charge in [0.15, 0.2) is 0 Å². The number of imidazole rings is 1. The average molecular weight is 188 g/mol. The van der Waals surface area contributed by atoms with Gasteiger partial charge in [-0.15, -0.1) is 12.4 Å². The summed E-state index contributed by atoms with van der Waals surface area (Å²) in [6, 6.07) is 0.666. The Morgan fingerprint density at radius 3 is 2.58 bits per heavy atom. The summed E-state index contributed by atoms with van der Waals surface area (Å²) in [7, 11) is 0. The summed E-state index contributed by atoms with van der Waals surface area (Å²) >= 11 is 0. The molecule has 0 aromatic carbocycles. The van der Waals surface area contributed by atoms with Crippen molar-refractivity contribution >= 4 is 18.2 Å². The van der Waals surface area contributed by atoms with Crippen LogP contribution in [-0.2, 0) is 0 Å². The molecule has 0 atom stereocenters. The molecule has 1 aromatic heterocycles. The fourth-order valence-corrected chi connectivity index (χ4v) is 1.75. The Labute approximate surface area is 78.4 Å². The Bertz CT molecular complexity index is 240. The van der Waals surface area contributed by atoms with Crippen LogP contribution in [-0.4, -0.2) is 9.55 Å². The lowest BCUT2D eigenvalue weighted by Gasteiger charge is -2.08. The summed E-state index contributed by atoms with van der Waals surface area (Å²) in [6.07, 6.45) is 9.04. The lowest BCUT2D eigenvalue weighted by Crippen LogP contribution is -2.00. The van der Waals surface area contributed by atoms with Crippen LogP contribution in [0.5, 0.6) is 0 Å². The molecule has 1 aromatic rings. The Morgan fingerprint density at radius 1 is 1.42 bits per heavy atom. The second-order valence-corrected chi connectivity index (χ2v) is 3.18. The van der Waals surface area contributed by atoms with Gasteiger partial charge in [0.1, 0.15) is 5.82 Å². The monoisotopic (exact) mass is 187 g/mol. The predicted octanol–water partition coefficient (Wildman–Crippen LogP) is 2.00. The number of hydrogen-bond donors (Lipinski definition) is 1. The molecule has 2 rings (SSSR count). The summed E-state index contributed by atoms with van der Waals surface area (Å²) in [6.45, 7) is 0. The van der Waals surface area contributed by atoms with E-state index in [0.29, 0.717) is 11.9 Å². The molecule has 3 nitrogen and oxygen atoms in total. The van der Waals surface area contributed by atoms with Gasteiger partial charge in [-0.25, -0.2) is 4.98 Å². The van der Waals surface area contributed by atoms with Gasteiger partial charge in [-0.3, -0.25) is 0 Å². The van der Waals surface area contributed by atoms with Crippen molar-refractivity contribution in [3.05, 3.63) is 12.5 Å². The van der Waals surface area contributed by atoms with Crippen LogP contribution in [0.15, 0.2) is 12.5 Å². The minimum absolute atomic E-state index is 0. The second-order valence-electron chi connectivity index (χ2n) is 3.18. The van der Waals surface area contributed by atoms with E-state index in [1.807, 2.05) is 12.5 Å². The lowest BCUT2D eigenvalue weighted by molar-refractivity contribution is 0.518. The zero-order chi connectivity index (χ0) is 7.68. The molecule has 1 saturated carbocycles. The molecule has 1 fully saturated rings. The van der Waals surface area contributed by atoms with E-state index in [4.69, 9.17) is 5.73 Å². The van der Waals surface area contributed by atoms with Crippen LogP contribution in [0.4, 0.5) is 5.82 Å². The minimum atomic E-state index is 0. The third-order valence-electron chi connectivity index (χ3n) is 2.37. The predicted molar refractivity (Wildman–Crippen MR) is 51.4 cm³/mol. The number of hydrogen-bond acceptors (Lipinski definition) is 2. The summed E-state index contributed by atoms with van der Waals surface area (Å²) in [5, 5.41) is 0. The zero-order valence-electron chi connectivity index (χ0n) is 6.94. The maximum Gasteiger partial charge on any atom is 0.141 e. The average Bonchev–Trinajstić information content (AvgIpc) is 2.55. The minimum Gasteiger partial charge on any atom is -0.382 e. The van der Waals surface area contributed by atoms with Gasteiger partial charge < -0.3 is 10.3 Å². The van der Waals surface area contributed by atoms with Crippen molar-refractivity contribution < 1.29 is 0 Å². The number of nitrogens with two attached hydrogens (primary N) is 1. The first-order chi connectivity index (χ1) is 5.36. The molecule has 4 heteroatoms. The molecular weight excluding hydrogens is 174 g/mol. The number of anilines is 1. The number of nitrogen functional groups attached to an aromatic ring is 1. The molecule has 12 heavy (non-hydrogen) atoms. The molecule has 0 bridgehead atoms. The van der Waals surface area contributed by atoms with E-state index >= 15 is 0 Å². The first kappa shape index (κ1) is 9.39. The fraction of sp³-hybridized carbons (Fsp3) is 0.625. The topological polar surface area (TPSA) is 43.8 Å². The van der Waals surface area contributed by atoms with Crippen molar-refractivity contribution in [3.63, 3.8) is 0 Å². The zero-order valence-corrected chi connectivity index (χ0v) is 7.76. The van der Waals surface area contributed by atoms with Crippen LogP contribution in [0.2, 0.25) is 0 Å². The van der Waals surface area contributed by atoms with Crippen molar-refractivity contribution in [1.29, 1.82) is 0 Å². The van der Waals surface area contributed by atoms with Crippen LogP contribution >= 0.6 is 12.4 Å². The Hall–Kier alpha value is -0.700. The van der Waals surface area contributed by atoms with E-state index in [9.17, 15) is 0 Å². The van der Waals surface area contributed by atoms with Gasteiger partial charge in [0.25, 0.3) is 0 Å². The maximum atomic E-state index is 5.51. The van der Waals surface area contributed by atoms with E-state index in [1.54, 1.807) is 0 Å². The van der Waals surface area contributed by atoms with E-state index in [-0.39, 0.29) is 12.4 Å². The van der Waals surface area contributed by atoms with Crippen LogP contribution < -0.4 is 5.73 Å². The summed E-state index contributed by atoms with van der Waals surface area (Å²) in [5.74, 6) is 0.636.